The summed E-state index contributed by atoms with van der Waals surface area (Å²) in [4.78, 5) is 23.8. The Hall–Kier alpha value is -3.15. The van der Waals surface area contributed by atoms with E-state index >= 15 is 0 Å². The summed E-state index contributed by atoms with van der Waals surface area (Å²) in [6.45, 7) is 3.42. The normalized spacial score (nSPS) is 16.8. The van der Waals surface area contributed by atoms with Gasteiger partial charge in [0.2, 0.25) is 0 Å². The highest BCUT2D eigenvalue weighted by Gasteiger charge is 2.40. The number of anilines is 1. The van der Waals surface area contributed by atoms with Crippen molar-refractivity contribution < 1.29 is 19.4 Å². The van der Waals surface area contributed by atoms with E-state index in [0.29, 0.717) is 11.4 Å². The van der Waals surface area contributed by atoms with Crippen LogP contribution in [0.25, 0.3) is 11.1 Å². The molecule has 1 aliphatic heterocycles. The SMILES string of the molecule is COc1c(C)cc(N2N=C(C)C(C(=O)O)C2=O)cc1-c1ccccc1. The lowest BCUT2D eigenvalue weighted by atomic mass is 10.00. The molecule has 1 N–H and O–H groups in total. The number of hydrazone groups is 1. The first-order chi connectivity index (χ1) is 11.9. The molecule has 0 saturated carbocycles. The number of methoxy groups -OCH3 is 1. The van der Waals surface area contributed by atoms with Crippen molar-refractivity contribution in [3.05, 3.63) is 48.0 Å². The Labute approximate surface area is 145 Å². The third-order valence-electron chi connectivity index (χ3n) is 4.17. The van der Waals surface area contributed by atoms with E-state index in [0.717, 1.165) is 21.7 Å². The highest BCUT2D eigenvalue weighted by molar-refractivity contribution is 6.25. The summed E-state index contributed by atoms with van der Waals surface area (Å²) in [5.74, 6) is -2.28. The molecule has 6 nitrogen and oxygen atoms in total. The van der Waals surface area contributed by atoms with Crippen molar-refractivity contribution in [2.45, 2.75) is 13.8 Å². The molecule has 0 bridgehead atoms. The second-order valence-corrected chi connectivity index (χ2v) is 5.87. The monoisotopic (exact) mass is 338 g/mol. The Kier molecular flexibility index (Phi) is 4.27. The van der Waals surface area contributed by atoms with Gasteiger partial charge in [0.05, 0.1) is 18.5 Å². The summed E-state index contributed by atoms with van der Waals surface area (Å²) in [6.07, 6.45) is 0. The number of carbonyl (C=O) groups is 2. The van der Waals surface area contributed by atoms with Crippen molar-refractivity contribution in [1.82, 2.24) is 0 Å². The van der Waals surface area contributed by atoms with E-state index in [1.54, 1.807) is 26.2 Å². The summed E-state index contributed by atoms with van der Waals surface area (Å²) < 4.78 is 5.52. The first-order valence-corrected chi connectivity index (χ1v) is 7.80. The molecule has 128 valence electrons. The molecule has 1 atom stereocenters. The smallest absolute Gasteiger partial charge is 0.322 e. The van der Waals surface area contributed by atoms with Gasteiger partial charge in [0, 0.05) is 5.56 Å². The number of ether oxygens (including phenoxy) is 1. The Morgan fingerprint density at radius 1 is 1.20 bits per heavy atom. The Morgan fingerprint density at radius 3 is 2.44 bits per heavy atom. The predicted molar refractivity (Wildman–Crippen MR) is 94.9 cm³/mol. The highest BCUT2D eigenvalue weighted by Crippen LogP contribution is 2.38. The van der Waals surface area contributed by atoms with Crippen LogP contribution in [0.2, 0.25) is 0 Å². The van der Waals surface area contributed by atoms with Crippen molar-refractivity contribution >= 4 is 23.3 Å². The third-order valence-corrected chi connectivity index (χ3v) is 4.17. The Bertz CT molecular complexity index is 874. The van der Waals surface area contributed by atoms with Crippen LogP contribution < -0.4 is 9.75 Å². The molecule has 1 heterocycles. The molecule has 0 radical (unpaired) electrons. The molecular formula is C19H18N2O4. The van der Waals surface area contributed by atoms with Gasteiger partial charge in [-0.05, 0) is 37.1 Å². The van der Waals surface area contributed by atoms with Crippen molar-refractivity contribution in [3.8, 4) is 16.9 Å². The van der Waals surface area contributed by atoms with Crippen molar-refractivity contribution in [1.29, 1.82) is 0 Å². The van der Waals surface area contributed by atoms with Crippen molar-refractivity contribution in [2.24, 2.45) is 11.0 Å². The van der Waals surface area contributed by atoms with Crippen molar-refractivity contribution in [3.63, 3.8) is 0 Å². The zero-order valence-corrected chi connectivity index (χ0v) is 14.2. The maximum atomic E-state index is 12.5. The van der Waals surface area contributed by atoms with Crippen LogP contribution in [0.1, 0.15) is 12.5 Å². The number of hydrogen-bond acceptors (Lipinski definition) is 4. The number of carbonyl (C=O) groups excluding carboxylic acids is 1. The van der Waals surface area contributed by atoms with Crippen molar-refractivity contribution in [2.75, 3.05) is 12.1 Å². The number of rotatable bonds is 4. The van der Waals surface area contributed by atoms with Gasteiger partial charge in [-0.25, -0.2) is 0 Å². The zero-order chi connectivity index (χ0) is 18.1. The minimum Gasteiger partial charge on any atom is -0.496 e. The Balaban J connectivity index is 2.12. The largest absolute Gasteiger partial charge is 0.496 e. The van der Waals surface area contributed by atoms with Gasteiger partial charge in [0.1, 0.15) is 5.75 Å². The first-order valence-electron chi connectivity index (χ1n) is 7.80. The predicted octanol–water partition coefficient (Wildman–Crippen LogP) is 3.09. The number of carboxylic acid groups (broad SMARTS) is 1. The van der Waals surface area contributed by atoms with Gasteiger partial charge in [-0.15, -0.1) is 0 Å². The van der Waals surface area contributed by atoms with E-state index in [1.165, 1.54) is 0 Å². The summed E-state index contributed by atoms with van der Waals surface area (Å²) in [5.41, 5.74) is 3.37. The lowest BCUT2D eigenvalue weighted by Gasteiger charge is -2.18. The molecule has 1 unspecified atom stereocenters. The molecule has 2 aromatic carbocycles. The van der Waals surface area contributed by atoms with Gasteiger partial charge in [0.25, 0.3) is 5.91 Å². The maximum Gasteiger partial charge on any atom is 0.322 e. The highest BCUT2D eigenvalue weighted by atomic mass is 16.5. The topological polar surface area (TPSA) is 79.2 Å². The minimum atomic E-state index is -1.23. The number of aryl methyl sites for hydroxylation is 1. The van der Waals surface area contributed by atoms with Gasteiger partial charge in [0.15, 0.2) is 5.92 Å². The number of carboxylic acids is 1. The molecule has 0 fully saturated rings. The van der Waals surface area contributed by atoms with Gasteiger partial charge >= 0.3 is 5.97 Å². The molecule has 0 spiro atoms. The number of aliphatic carboxylic acids is 1. The van der Waals surface area contributed by atoms with E-state index in [1.807, 2.05) is 37.3 Å². The molecule has 6 heteroatoms. The zero-order valence-electron chi connectivity index (χ0n) is 14.2. The van der Waals surface area contributed by atoms with Crippen LogP contribution in [-0.2, 0) is 9.59 Å². The van der Waals surface area contributed by atoms with E-state index < -0.39 is 17.8 Å². The van der Waals surface area contributed by atoms with E-state index in [9.17, 15) is 14.7 Å². The van der Waals surface area contributed by atoms with E-state index in [-0.39, 0.29) is 5.71 Å². The first kappa shape index (κ1) is 16.7. The molecule has 0 aromatic heterocycles. The quantitative estimate of drug-likeness (QED) is 0.869. The summed E-state index contributed by atoms with van der Waals surface area (Å²) >= 11 is 0. The summed E-state index contributed by atoms with van der Waals surface area (Å²) in [6, 6.07) is 13.2. The number of hydrogen-bond donors (Lipinski definition) is 1. The molecule has 1 amide bonds. The third kappa shape index (κ3) is 2.87. The molecule has 0 aliphatic carbocycles. The van der Waals surface area contributed by atoms with Crippen LogP contribution in [-0.4, -0.2) is 29.8 Å². The van der Waals surface area contributed by atoms with Crippen LogP contribution in [0.4, 0.5) is 5.69 Å². The molecule has 25 heavy (non-hydrogen) atoms. The fourth-order valence-electron chi connectivity index (χ4n) is 3.02. The fourth-order valence-corrected chi connectivity index (χ4v) is 3.02. The fraction of sp³-hybridized carbons (Fsp3) is 0.211. The van der Waals surface area contributed by atoms with Crippen LogP contribution >= 0.6 is 0 Å². The van der Waals surface area contributed by atoms with Gasteiger partial charge in [-0.2, -0.15) is 10.1 Å². The van der Waals surface area contributed by atoms with E-state index in [2.05, 4.69) is 5.10 Å². The number of nitrogens with zero attached hydrogens (tertiary/aromatic N) is 2. The van der Waals surface area contributed by atoms with Gasteiger partial charge in [-0.1, -0.05) is 30.3 Å². The lowest BCUT2D eigenvalue weighted by molar-refractivity contribution is -0.142. The minimum absolute atomic E-state index is 0.271. The number of benzene rings is 2. The molecule has 2 aromatic rings. The second-order valence-electron chi connectivity index (χ2n) is 5.87. The summed E-state index contributed by atoms with van der Waals surface area (Å²) in [5, 5.41) is 14.6. The lowest BCUT2D eigenvalue weighted by Crippen LogP contribution is -2.32. The molecule has 0 saturated heterocycles. The second kappa shape index (κ2) is 6.39. The van der Waals surface area contributed by atoms with Gasteiger partial charge < -0.3 is 9.84 Å². The maximum absolute atomic E-state index is 12.5. The Morgan fingerprint density at radius 2 is 1.88 bits per heavy atom. The van der Waals surface area contributed by atoms with Crippen LogP contribution in [0.5, 0.6) is 5.75 Å². The van der Waals surface area contributed by atoms with Crippen LogP contribution in [0.15, 0.2) is 47.6 Å². The number of amides is 1. The average Bonchev–Trinajstić information content (AvgIpc) is 2.89. The molecular weight excluding hydrogens is 320 g/mol. The summed E-state index contributed by atoms with van der Waals surface area (Å²) in [7, 11) is 1.60. The van der Waals surface area contributed by atoms with Gasteiger partial charge in [-0.3, -0.25) is 9.59 Å². The van der Waals surface area contributed by atoms with Crippen LogP contribution in [0, 0.1) is 12.8 Å². The van der Waals surface area contributed by atoms with Crippen LogP contribution in [0.3, 0.4) is 0 Å². The average molecular weight is 338 g/mol. The molecule has 1 aliphatic rings. The standard InChI is InChI=1S/C19H18N2O4/c1-11-9-14(21-18(22)16(19(23)24)12(2)20-21)10-15(17(11)25-3)13-7-5-4-6-8-13/h4-10,16H,1-3H3,(H,23,24). The molecule has 3 rings (SSSR count). The van der Waals surface area contributed by atoms with E-state index in [4.69, 9.17) is 4.74 Å².